The van der Waals surface area contributed by atoms with Gasteiger partial charge in [-0.2, -0.15) is 8.42 Å². The van der Waals surface area contributed by atoms with Crippen LogP contribution in [0.25, 0.3) is 33.1 Å². The fourth-order valence-corrected chi connectivity index (χ4v) is 25.4. The number of nitrogens with zero attached hydrogens (tertiary/aromatic N) is 8. The van der Waals surface area contributed by atoms with Gasteiger partial charge in [-0.15, -0.1) is 0 Å². The number of likely N-dealkylation sites (N-methyl/N-ethyl adjacent to an activating group) is 1. The number of aliphatic hydroxyl groups is 1. The molecule has 3 aromatic heterocycles. The number of para-hydroxylation sites is 6. The van der Waals surface area contributed by atoms with E-state index in [1.54, 1.807) is 31.9 Å². The van der Waals surface area contributed by atoms with Gasteiger partial charge in [0.25, 0.3) is 26.8 Å². The standard InChI is InChI=1S/3C26H33N3O3.C7H8O3S.C5H14NO/c3*30-25-24(26(31)32)27-22-9-1-2-10-23(22)29(25)21-14-18-7-4-8-19(15-21)28(18)20-12-16-5-3-6-17(11-16)13-20;1-6-2-4-7(5-3-6)11(8,9)10;1-6(2,3)4-5-7/h3*1-2,9-10,16-21H,3-8,11-15H2,(H,31,32);2-5H,1H3,(H,8,9,10);7H,4-5H2,1-3H3/q;;;;+1/p+1/t3*16?,17?,18-,19+,20?,21?;;. The molecule has 11 unspecified atom stereocenters. The summed E-state index contributed by atoms with van der Waals surface area (Å²) in [5, 5.41) is 39.3. The summed E-state index contributed by atoms with van der Waals surface area (Å²) in [7, 11) is 2.14. The van der Waals surface area contributed by atoms with Gasteiger partial charge in [0.1, 0.15) is 6.54 Å². The number of aryl methyl sites for hydroxylation is 1. The van der Waals surface area contributed by atoms with E-state index in [-0.39, 0.29) is 41.0 Å². The van der Waals surface area contributed by atoms with E-state index in [0.29, 0.717) is 58.8 Å². The van der Waals surface area contributed by atoms with E-state index < -0.39 is 50.4 Å². The second-order valence-electron chi connectivity index (χ2n) is 37.7. The van der Waals surface area contributed by atoms with Crippen molar-refractivity contribution in [2.45, 2.75) is 296 Å². The van der Waals surface area contributed by atoms with E-state index in [2.05, 4.69) is 41.0 Å². The van der Waals surface area contributed by atoms with Gasteiger partial charge < -0.3 is 53.2 Å². The second-order valence-corrected chi connectivity index (χ2v) is 39.1. The van der Waals surface area contributed by atoms with Gasteiger partial charge in [0.2, 0.25) is 11.4 Å². The fourth-order valence-electron chi connectivity index (χ4n) is 24.9. The number of nitrogens with one attached hydrogen (secondary N) is 2. The first-order valence-corrected chi connectivity index (χ1v) is 44.9. The Labute approximate surface area is 669 Å². The summed E-state index contributed by atoms with van der Waals surface area (Å²) >= 11 is 0. The highest BCUT2D eigenvalue weighted by Crippen LogP contribution is 2.49. The van der Waals surface area contributed by atoms with Gasteiger partial charge in [0.05, 0.1) is 108 Å². The Bertz CT molecular complexity index is 4440. The van der Waals surface area contributed by atoms with E-state index >= 15 is 0 Å². The highest BCUT2D eigenvalue weighted by atomic mass is 32.2. The van der Waals surface area contributed by atoms with E-state index in [4.69, 9.17) is 9.66 Å². The van der Waals surface area contributed by atoms with Gasteiger partial charge in [-0.3, -0.25) is 23.8 Å². The minimum Gasteiger partial charge on any atom is -0.543 e. The molecule has 19 rings (SSSR count). The Morgan fingerprint density at radius 2 is 0.746 bits per heavy atom. The van der Waals surface area contributed by atoms with Crippen molar-refractivity contribution in [3.05, 3.63) is 151 Å². The van der Waals surface area contributed by atoms with Crippen LogP contribution in [-0.2, 0) is 10.1 Å². The number of carboxylic acid groups (broad SMARTS) is 3. The molecule has 9 heterocycles. The molecular formula is C90H122N10O13S+2. The number of quaternary nitrogens is 3. The normalized spacial score (nSPS) is 32.3. The third kappa shape index (κ3) is 18.0. The van der Waals surface area contributed by atoms with Crippen LogP contribution in [0.2, 0.25) is 0 Å². The zero-order chi connectivity index (χ0) is 79.9. The highest BCUT2D eigenvalue weighted by Gasteiger charge is 2.52. The Morgan fingerprint density at radius 1 is 0.421 bits per heavy atom. The lowest BCUT2D eigenvalue weighted by molar-refractivity contribution is -0.986. The molecule has 0 amide bonds. The quantitative estimate of drug-likeness (QED) is 0.0489. The fraction of sp³-hybridized carbons (Fsp3) is 0.633. The molecule has 614 valence electrons. The maximum atomic E-state index is 13.3. The van der Waals surface area contributed by atoms with Gasteiger partial charge in [0.15, 0.2) is 5.69 Å². The van der Waals surface area contributed by atoms with Crippen LogP contribution in [0.1, 0.15) is 267 Å². The van der Waals surface area contributed by atoms with E-state index in [9.17, 15) is 52.5 Å². The van der Waals surface area contributed by atoms with Gasteiger partial charge in [-0.05, 0) is 187 Å². The molecule has 6 saturated carbocycles. The van der Waals surface area contributed by atoms with Crippen LogP contribution in [0.3, 0.4) is 0 Å². The van der Waals surface area contributed by atoms with Crippen molar-refractivity contribution in [3.63, 3.8) is 0 Å². The lowest BCUT2D eigenvalue weighted by Gasteiger charge is -2.55. The number of carboxylic acids is 3. The predicted molar refractivity (Wildman–Crippen MR) is 436 cm³/mol. The summed E-state index contributed by atoms with van der Waals surface area (Å²) in [6.07, 6.45) is 42.3. The lowest BCUT2D eigenvalue weighted by atomic mass is 9.68. The van der Waals surface area contributed by atoms with Gasteiger partial charge in [-0.1, -0.05) is 118 Å². The number of aromatic nitrogens is 6. The first-order chi connectivity index (χ1) is 54.8. The third-order valence-corrected chi connectivity index (χ3v) is 30.1. The van der Waals surface area contributed by atoms with Crippen LogP contribution in [0.5, 0.6) is 0 Å². The topological polar surface area (TPSA) is 306 Å². The Morgan fingerprint density at radius 3 is 1.08 bits per heavy atom. The third-order valence-electron chi connectivity index (χ3n) is 29.2. The van der Waals surface area contributed by atoms with Gasteiger partial charge in [0, 0.05) is 87.6 Å². The summed E-state index contributed by atoms with van der Waals surface area (Å²) < 4.78 is 35.7. The van der Waals surface area contributed by atoms with Crippen LogP contribution in [0.4, 0.5) is 0 Å². The van der Waals surface area contributed by atoms with Crippen molar-refractivity contribution in [2.75, 3.05) is 34.3 Å². The molecule has 6 aliphatic heterocycles. The first kappa shape index (κ1) is 81.6. The molecule has 17 atom stereocenters. The Kier molecular flexibility index (Phi) is 25.0. The zero-order valence-electron chi connectivity index (χ0n) is 67.3. The molecule has 7 aromatic rings. The number of piperidine rings is 6. The number of aliphatic hydroxyl groups excluding tert-OH is 1. The van der Waals surface area contributed by atoms with Crippen LogP contribution in [0, 0.1) is 42.4 Å². The maximum absolute atomic E-state index is 13.3. The largest absolute Gasteiger partial charge is 0.543 e. The first-order valence-electron chi connectivity index (χ1n) is 43.5. The molecule has 6 N–H and O–H groups in total. The Hall–Kier alpha value is -7.58. The second kappa shape index (κ2) is 34.9. The average molecular weight is 1580 g/mol. The average Bonchev–Trinajstić information content (AvgIpc) is 0.754. The van der Waals surface area contributed by atoms with Crippen molar-refractivity contribution in [1.82, 2.24) is 33.6 Å². The van der Waals surface area contributed by atoms with Crippen LogP contribution in [-0.4, -0.2) is 173 Å². The van der Waals surface area contributed by atoms with E-state index in [1.165, 1.54) is 185 Å². The van der Waals surface area contributed by atoms with Crippen molar-refractivity contribution >= 4 is 61.1 Å². The van der Waals surface area contributed by atoms with Crippen molar-refractivity contribution in [2.24, 2.45) is 35.5 Å². The molecule has 0 spiro atoms. The molecular weight excluding hydrogens is 1460 g/mol. The molecule has 12 aliphatic rings. The Balaban J connectivity index is 0.000000121. The smallest absolute Gasteiger partial charge is 0.360 e. The molecule has 6 aliphatic carbocycles. The van der Waals surface area contributed by atoms with Crippen LogP contribution in [0.15, 0.2) is 116 Å². The number of hydrogen-bond donors (Lipinski definition) is 6. The molecule has 4 aromatic carbocycles. The van der Waals surface area contributed by atoms with Gasteiger partial charge in [-0.25, -0.2) is 24.5 Å². The SMILES string of the molecule is C[N+](C)(C)CCO.Cc1ccc(S(=O)(=O)O)cc1.O=C(O)c1nc2ccccc2n(C2C[C@H]3CCC[C@@H](C2)[NH+]3C2CC3CCCC(C3)C2)c1=O.O=C(O)c1nc2ccccc2n(C2C[C@H]3CCC[C@@H](C2)[NH+]3C2CC3CCCC(C3)C2)c1=O.O=C([O-])c1nc2ccccc2n(C2C[C@H]3CCC[C@@H](C2)N3C2CC3CCCC(C3)C2)c1=O. The summed E-state index contributed by atoms with van der Waals surface area (Å²) in [5.41, 5.74) is 2.49. The van der Waals surface area contributed by atoms with E-state index in [1.807, 2.05) is 83.5 Å². The number of rotatable bonds is 12. The molecule has 12 fully saturated rings. The van der Waals surface area contributed by atoms with Crippen LogP contribution >= 0.6 is 0 Å². The molecule has 23 nitrogen and oxygen atoms in total. The summed E-state index contributed by atoms with van der Waals surface area (Å²) in [4.78, 5) is 93.9. The molecule has 12 bridgehead atoms. The number of aromatic carboxylic acids is 3. The van der Waals surface area contributed by atoms with Gasteiger partial charge >= 0.3 is 11.9 Å². The molecule has 114 heavy (non-hydrogen) atoms. The maximum Gasteiger partial charge on any atom is 0.360 e. The summed E-state index contributed by atoms with van der Waals surface area (Å²) in [6, 6.07) is 34.2. The lowest BCUT2D eigenvalue weighted by Crippen LogP contribution is -3.24. The highest BCUT2D eigenvalue weighted by molar-refractivity contribution is 7.85. The number of benzene rings is 4. The zero-order valence-corrected chi connectivity index (χ0v) is 68.1. The van der Waals surface area contributed by atoms with Crippen molar-refractivity contribution in [1.29, 1.82) is 0 Å². The summed E-state index contributed by atoms with van der Waals surface area (Å²) in [6.45, 7) is 2.96. The number of hydrogen-bond acceptors (Lipinski definition) is 14. The number of fused-ring (bicyclic) bond motifs is 15. The molecule has 6 saturated heterocycles. The monoisotopic (exact) mass is 1580 g/mol. The van der Waals surface area contributed by atoms with Crippen LogP contribution < -0.4 is 31.6 Å². The molecule has 0 radical (unpaired) electrons. The van der Waals surface area contributed by atoms with E-state index in [0.717, 1.165) is 119 Å². The van der Waals surface area contributed by atoms with Crippen molar-refractivity contribution < 1.29 is 62.1 Å². The summed E-state index contributed by atoms with van der Waals surface area (Å²) in [5.74, 6) is 1.60. The number of carbonyl (C=O) groups excluding carboxylic acids is 1. The number of carbonyl (C=O) groups is 3. The predicted octanol–water partition coefficient (Wildman–Crippen LogP) is 10.6. The van der Waals surface area contributed by atoms with Crippen molar-refractivity contribution in [3.8, 4) is 0 Å². The molecule has 24 heteroatoms. The minimum absolute atomic E-state index is 0.0168. The minimum atomic E-state index is -4.02.